The van der Waals surface area contributed by atoms with Crippen LogP contribution in [0.15, 0.2) is 59.5 Å². The van der Waals surface area contributed by atoms with Gasteiger partial charge in [-0.05, 0) is 50.2 Å². The summed E-state index contributed by atoms with van der Waals surface area (Å²) in [6.07, 6.45) is 1.49. The number of aromatic nitrogens is 1. The third kappa shape index (κ3) is 5.99. The summed E-state index contributed by atoms with van der Waals surface area (Å²) in [5.41, 5.74) is -0.624. The van der Waals surface area contributed by atoms with Crippen LogP contribution in [0.1, 0.15) is 35.7 Å². The van der Waals surface area contributed by atoms with Gasteiger partial charge < -0.3 is 29.0 Å². The predicted octanol–water partition coefficient (Wildman–Crippen LogP) is 3.50. The van der Waals surface area contributed by atoms with Gasteiger partial charge in [0.15, 0.2) is 0 Å². The number of pyridine rings is 1. The van der Waals surface area contributed by atoms with Crippen LogP contribution in [0.3, 0.4) is 0 Å². The topological polar surface area (TPSA) is 99.1 Å². The van der Waals surface area contributed by atoms with E-state index in [0.29, 0.717) is 5.75 Å². The van der Waals surface area contributed by atoms with E-state index in [1.165, 1.54) is 37.0 Å². The van der Waals surface area contributed by atoms with Crippen LogP contribution < -0.4 is 25.2 Å². The molecular formula is C29H31F2N3O6. The van der Waals surface area contributed by atoms with Crippen LogP contribution in [0.5, 0.6) is 11.5 Å². The van der Waals surface area contributed by atoms with Gasteiger partial charge in [-0.15, -0.1) is 0 Å². The molecule has 1 aliphatic heterocycles. The van der Waals surface area contributed by atoms with Crippen LogP contribution in [0.2, 0.25) is 0 Å². The first-order chi connectivity index (χ1) is 19.1. The lowest BCUT2D eigenvalue weighted by Gasteiger charge is -2.20. The van der Waals surface area contributed by atoms with E-state index in [-0.39, 0.29) is 42.8 Å². The Balaban J connectivity index is 1.71. The Morgan fingerprint density at radius 1 is 1.05 bits per heavy atom. The molecule has 0 saturated carbocycles. The Morgan fingerprint density at radius 3 is 2.33 bits per heavy atom. The minimum atomic E-state index is -1.36. The number of methoxy groups -OCH3 is 2. The maximum absolute atomic E-state index is 15.2. The highest BCUT2D eigenvalue weighted by atomic mass is 19.1. The van der Waals surface area contributed by atoms with E-state index in [4.69, 9.17) is 14.2 Å². The number of rotatable bonds is 10. The van der Waals surface area contributed by atoms with E-state index in [2.05, 4.69) is 5.32 Å². The highest BCUT2D eigenvalue weighted by Crippen LogP contribution is 2.36. The van der Waals surface area contributed by atoms with Crippen LogP contribution in [-0.4, -0.2) is 55.9 Å². The molecule has 1 N–H and O–H groups in total. The first-order valence-electron chi connectivity index (χ1n) is 12.7. The molecule has 0 bridgehead atoms. The zero-order valence-electron chi connectivity index (χ0n) is 22.6. The van der Waals surface area contributed by atoms with Gasteiger partial charge in [0.2, 0.25) is 5.91 Å². The Labute approximate surface area is 230 Å². The summed E-state index contributed by atoms with van der Waals surface area (Å²) in [6, 6.07) is 10.0. The van der Waals surface area contributed by atoms with E-state index in [1.54, 1.807) is 24.4 Å². The predicted molar refractivity (Wildman–Crippen MR) is 144 cm³/mol. The van der Waals surface area contributed by atoms with Gasteiger partial charge in [-0.3, -0.25) is 14.4 Å². The van der Waals surface area contributed by atoms with Crippen molar-refractivity contribution >= 4 is 17.5 Å². The summed E-state index contributed by atoms with van der Waals surface area (Å²) in [5.74, 6) is -3.78. The van der Waals surface area contributed by atoms with Gasteiger partial charge in [0.25, 0.3) is 11.5 Å². The molecule has 0 spiro atoms. The molecule has 40 heavy (non-hydrogen) atoms. The van der Waals surface area contributed by atoms with Gasteiger partial charge in [-0.2, -0.15) is 0 Å². The molecule has 1 fully saturated rings. The molecule has 4 rings (SSSR count). The molecule has 11 heteroatoms. The summed E-state index contributed by atoms with van der Waals surface area (Å²) in [5, 5.41) is 2.64. The maximum atomic E-state index is 15.2. The van der Waals surface area contributed by atoms with Gasteiger partial charge in [-0.1, -0.05) is 0 Å². The van der Waals surface area contributed by atoms with E-state index >= 15 is 8.78 Å². The molecule has 2 heterocycles. The molecule has 2 aromatic carbocycles. The fraction of sp³-hybridized carbons (Fsp3) is 0.345. The van der Waals surface area contributed by atoms with Crippen molar-refractivity contribution in [1.29, 1.82) is 0 Å². The number of nitrogens with one attached hydrogen (secondary N) is 1. The van der Waals surface area contributed by atoms with E-state index < -0.39 is 46.5 Å². The van der Waals surface area contributed by atoms with E-state index in [0.717, 1.165) is 17.0 Å². The molecular weight excluding hydrogens is 524 g/mol. The number of amides is 2. The lowest BCUT2D eigenvalue weighted by atomic mass is 9.92. The number of hydrogen-bond acceptors (Lipinski definition) is 6. The number of hydrogen-bond donors (Lipinski definition) is 1. The Hall–Kier alpha value is -4.25. The normalized spacial score (nSPS) is 16.9. The highest BCUT2D eigenvalue weighted by Gasteiger charge is 2.46. The van der Waals surface area contributed by atoms with Crippen LogP contribution in [0, 0.1) is 11.6 Å². The highest BCUT2D eigenvalue weighted by molar-refractivity contribution is 6.05. The van der Waals surface area contributed by atoms with Crippen molar-refractivity contribution in [3.63, 3.8) is 0 Å². The van der Waals surface area contributed by atoms with Crippen molar-refractivity contribution in [3.8, 4) is 11.5 Å². The molecule has 2 atom stereocenters. The number of nitrogens with zero attached hydrogens (tertiary/aromatic N) is 2. The molecule has 0 radical (unpaired) electrons. The van der Waals surface area contributed by atoms with Gasteiger partial charge in [0.1, 0.15) is 34.9 Å². The monoisotopic (exact) mass is 555 g/mol. The average molecular weight is 556 g/mol. The molecule has 1 unspecified atom stereocenters. The fourth-order valence-corrected chi connectivity index (χ4v) is 4.68. The quantitative estimate of drug-likeness (QED) is 0.411. The molecule has 1 aliphatic rings. The molecule has 2 amide bonds. The Bertz CT molecular complexity index is 1420. The minimum absolute atomic E-state index is 0.0230. The van der Waals surface area contributed by atoms with Crippen LogP contribution in [-0.2, 0) is 16.1 Å². The summed E-state index contributed by atoms with van der Waals surface area (Å²) in [4.78, 5) is 41.2. The second kappa shape index (κ2) is 12.3. The number of carbonyl (C=O) groups is 2. The van der Waals surface area contributed by atoms with Gasteiger partial charge in [0.05, 0.1) is 19.8 Å². The van der Waals surface area contributed by atoms with Crippen LogP contribution >= 0.6 is 0 Å². The second-order valence-electron chi connectivity index (χ2n) is 9.59. The van der Waals surface area contributed by atoms with Gasteiger partial charge >= 0.3 is 0 Å². The van der Waals surface area contributed by atoms with Crippen LogP contribution in [0.4, 0.5) is 14.5 Å². The number of halogens is 2. The fourth-order valence-electron chi connectivity index (χ4n) is 4.68. The Kier molecular flexibility index (Phi) is 8.83. The van der Waals surface area contributed by atoms with Gasteiger partial charge in [0, 0.05) is 55.6 Å². The lowest BCUT2D eigenvalue weighted by Crippen LogP contribution is -2.44. The summed E-state index contributed by atoms with van der Waals surface area (Å²) in [7, 11) is 2.78. The lowest BCUT2D eigenvalue weighted by molar-refractivity contribution is -0.118. The second-order valence-corrected chi connectivity index (χ2v) is 9.59. The van der Waals surface area contributed by atoms with E-state index in [9.17, 15) is 14.4 Å². The van der Waals surface area contributed by atoms with Crippen molar-refractivity contribution < 1.29 is 32.6 Å². The average Bonchev–Trinajstić information content (AvgIpc) is 3.22. The molecule has 9 nitrogen and oxygen atoms in total. The molecule has 0 aliphatic carbocycles. The molecule has 3 aromatic rings. The first-order valence-corrected chi connectivity index (χ1v) is 12.7. The van der Waals surface area contributed by atoms with Crippen molar-refractivity contribution in [2.75, 3.05) is 32.3 Å². The SMILES string of the molecule is COCCn1cccc(N2C[C@@H](c3c(F)cc(OC)cc3F)C(NC(=O)c3ccc(OC(C)C)cc3)C2=O)c1=O. The smallest absolute Gasteiger partial charge is 0.274 e. The third-order valence-electron chi connectivity index (χ3n) is 6.57. The van der Waals surface area contributed by atoms with Gasteiger partial charge in [-0.25, -0.2) is 8.78 Å². The maximum Gasteiger partial charge on any atom is 0.274 e. The van der Waals surface area contributed by atoms with E-state index in [1.807, 2.05) is 13.8 Å². The van der Waals surface area contributed by atoms with Crippen LogP contribution in [0.25, 0.3) is 0 Å². The largest absolute Gasteiger partial charge is 0.497 e. The van der Waals surface area contributed by atoms with Crippen molar-refractivity contribution in [2.45, 2.75) is 38.5 Å². The van der Waals surface area contributed by atoms with Crippen molar-refractivity contribution in [1.82, 2.24) is 9.88 Å². The zero-order valence-corrected chi connectivity index (χ0v) is 22.6. The number of ether oxygens (including phenoxy) is 3. The van der Waals surface area contributed by atoms with Crippen molar-refractivity contribution in [3.05, 3.63) is 87.8 Å². The molecule has 1 aromatic heterocycles. The standard InChI is InChI=1S/C29H31F2N3O6/c1-17(2)40-19-9-7-18(8-10-19)27(35)32-26-21(25-22(30)14-20(39-4)15-23(25)31)16-34(29(26)37)24-6-5-11-33(28(24)36)12-13-38-3/h5-11,14-15,17,21,26H,12-13,16H2,1-4H3,(H,32,35)/t21-,26?/m0/s1. The summed E-state index contributed by atoms with van der Waals surface area (Å²) < 4.78 is 47.4. The number of anilines is 1. The Morgan fingerprint density at radius 2 is 1.73 bits per heavy atom. The number of benzene rings is 2. The molecule has 1 saturated heterocycles. The minimum Gasteiger partial charge on any atom is -0.497 e. The molecule has 212 valence electrons. The summed E-state index contributed by atoms with van der Waals surface area (Å²) >= 11 is 0. The number of carbonyl (C=O) groups excluding carboxylic acids is 2. The third-order valence-corrected chi connectivity index (χ3v) is 6.57. The summed E-state index contributed by atoms with van der Waals surface area (Å²) in [6.45, 7) is 4.01. The van der Waals surface area contributed by atoms with Crippen molar-refractivity contribution in [2.24, 2.45) is 0 Å². The first kappa shape index (κ1) is 28.8. The zero-order chi connectivity index (χ0) is 29.0.